The molecule has 1 unspecified atom stereocenters. The Morgan fingerprint density at radius 2 is 1.79 bits per heavy atom. The molecule has 1 aliphatic heterocycles. The van der Waals surface area contributed by atoms with Gasteiger partial charge in [-0.2, -0.15) is 0 Å². The monoisotopic (exact) mass is 542 g/mol. The Balaban J connectivity index is 1.59. The van der Waals surface area contributed by atoms with Gasteiger partial charge in [-0.1, -0.05) is 47.7 Å². The number of methoxy groups -OCH3 is 1. The number of ketones is 1. The number of carbonyl (C=O) groups is 2. The molecule has 8 nitrogen and oxygen atoms in total. The maximum absolute atomic E-state index is 13.7. The van der Waals surface area contributed by atoms with Crippen molar-refractivity contribution in [3.63, 3.8) is 0 Å². The fourth-order valence-corrected chi connectivity index (χ4v) is 5.50. The summed E-state index contributed by atoms with van der Waals surface area (Å²) >= 11 is 1.22. The Morgan fingerprint density at radius 3 is 2.44 bits per heavy atom. The number of fused-ring (bicyclic) bond motifs is 1. The van der Waals surface area contributed by atoms with Crippen LogP contribution in [-0.2, 0) is 9.53 Å². The topological polar surface area (TPSA) is 100 Å². The van der Waals surface area contributed by atoms with Crippen molar-refractivity contribution in [1.29, 1.82) is 0 Å². The van der Waals surface area contributed by atoms with Crippen LogP contribution in [0.1, 0.15) is 48.5 Å². The van der Waals surface area contributed by atoms with Gasteiger partial charge in [-0.05, 0) is 50.6 Å². The first-order chi connectivity index (χ1) is 18.8. The molecular weight excluding hydrogens is 516 g/mol. The van der Waals surface area contributed by atoms with Crippen molar-refractivity contribution < 1.29 is 23.5 Å². The molecular formula is C30H26N2O6S. The Hall–Kier alpha value is -4.50. The van der Waals surface area contributed by atoms with Crippen molar-refractivity contribution in [2.75, 3.05) is 13.7 Å². The molecule has 0 amide bonds. The minimum absolute atomic E-state index is 0.00801. The van der Waals surface area contributed by atoms with Crippen LogP contribution in [0, 0.1) is 0 Å². The fraction of sp³-hybridized carbons (Fsp3) is 0.200. The average molecular weight is 543 g/mol. The second-order valence-electron chi connectivity index (χ2n) is 8.91. The molecule has 0 N–H and O–H groups in total. The molecule has 1 atom stereocenters. The van der Waals surface area contributed by atoms with E-state index in [2.05, 4.69) is 4.99 Å². The molecule has 2 aromatic heterocycles. The zero-order chi connectivity index (χ0) is 27.7. The molecule has 2 aromatic carbocycles. The lowest BCUT2D eigenvalue weighted by Crippen LogP contribution is -2.39. The highest BCUT2D eigenvalue weighted by Crippen LogP contribution is 2.31. The van der Waals surface area contributed by atoms with E-state index in [0.717, 1.165) is 11.1 Å². The van der Waals surface area contributed by atoms with Crippen LogP contribution in [0.3, 0.4) is 0 Å². The maximum Gasteiger partial charge on any atom is 0.338 e. The number of rotatable bonds is 7. The van der Waals surface area contributed by atoms with Crippen molar-refractivity contribution in [2.45, 2.75) is 26.8 Å². The third kappa shape index (κ3) is 5.00. The molecule has 1 aliphatic rings. The molecule has 0 saturated carbocycles. The van der Waals surface area contributed by atoms with E-state index in [1.54, 1.807) is 57.4 Å². The molecule has 0 radical (unpaired) electrons. The van der Waals surface area contributed by atoms with Crippen molar-refractivity contribution in [1.82, 2.24) is 4.57 Å². The van der Waals surface area contributed by atoms with Crippen LogP contribution in [0.5, 0.6) is 5.75 Å². The van der Waals surface area contributed by atoms with Gasteiger partial charge in [0.25, 0.3) is 5.56 Å². The summed E-state index contributed by atoms with van der Waals surface area (Å²) in [7, 11) is 1.58. The van der Waals surface area contributed by atoms with Gasteiger partial charge in [0.05, 0.1) is 35.6 Å². The maximum atomic E-state index is 13.7. The van der Waals surface area contributed by atoms with E-state index in [0.29, 0.717) is 43.4 Å². The van der Waals surface area contributed by atoms with Gasteiger partial charge in [-0.3, -0.25) is 14.2 Å². The quantitative estimate of drug-likeness (QED) is 0.255. The Labute approximate surface area is 228 Å². The summed E-state index contributed by atoms with van der Waals surface area (Å²) in [6.07, 6.45) is 1.67. The van der Waals surface area contributed by atoms with Crippen molar-refractivity contribution in [2.24, 2.45) is 4.99 Å². The number of esters is 1. The van der Waals surface area contributed by atoms with Crippen molar-refractivity contribution in [3.8, 4) is 17.1 Å². The van der Waals surface area contributed by atoms with E-state index >= 15 is 0 Å². The molecule has 9 heteroatoms. The SMILES string of the molecule is CCOC(=O)C1=C(C)N=c2s/c(=C\c3ccc(-c4ccc(C(C)=O)cc4)o3)c(=O)n2C1c1ccc(OC)cc1. The molecule has 5 rings (SSSR count). The summed E-state index contributed by atoms with van der Waals surface area (Å²) in [5.74, 6) is 1.25. The van der Waals surface area contributed by atoms with E-state index in [4.69, 9.17) is 13.9 Å². The van der Waals surface area contributed by atoms with E-state index in [1.165, 1.54) is 22.8 Å². The predicted octanol–water partition coefficient (Wildman–Crippen LogP) is 4.27. The number of benzene rings is 2. The van der Waals surface area contributed by atoms with Crippen LogP contribution in [0.15, 0.2) is 86.1 Å². The fourth-order valence-electron chi connectivity index (χ4n) is 4.48. The van der Waals surface area contributed by atoms with E-state index in [1.807, 2.05) is 30.3 Å². The minimum atomic E-state index is -0.708. The Bertz CT molecular complexity index is 1770. The highest BCUT2D eigenvalue weighted by Gasteiger charge is 2.33. The number of ether oxygens (including phenoxy) is 2. The number of nitrogens with zero attached hydrogens (tertiary/aromatic N) is 2. The first-order valence-corrected chi connectivity index (χ1v) is 13.2. The van der Waals surface area contributed by atoms with Crippen molar-refractivity contribution in [3.05, 3.63) is 109 Å². The minimum Gasteiger partial charge on any atom is -0.497 e. The second-order valence-corrected chi connectivity index (χ2v) is 9.92. The highest BCUT2D eigenvalue weighted by molar-refractivity contribution is 7.07. The lowest BCUT2D eigenvalue weighted by atomic mass is 9.96. The van der Waals surface area contributed by atoms with Crippen molar-refractivity contribution >= 4 is 29.2 Å². The summed E-state index contributed by atoms with van der Waals surface area (Å²) in [6.45, 7) is 5.21. The third-order valence-electron chi connectivity index (χ3n) is 6.42. The largest absolute Gasteiger partial charge is 0.497 e. The van der Waals surface area contributed by atoms with Crippen LogP contribution in [-0.4, -0.2) is 30.0 Å². The van der Waals surface area contributed by atoms with Gasteiger partial charge >= 0.3 is 5.97 Å². The first kappa shape index (κ1) is 26.1. The number of allylic oxidation sites excluding steroid dienone is 1. The number of aromatic nitrogens is 1. The number of carbonyl (C=O) groups excluding carboxylic acids is 2. The third-order valence-corrected chi connectivity index (χ3v) is 7.41. The molecule has 198 valence electrons. The standard InChI is InChI=1S/C30H26N2O6S/c1-5-37-29(35)26-17(2)31-30-32(27(26)21-10-12-22(36-4)13-11-21)28(34)25(39-30)16-23-14-15-24(38-23)20-8-6-19(7-9-20)18(3)33/h6-16,27H,5H2,1-4H3/b25-16-. The molecule has 3 heterocycles. The van der Waals surface area contributed by atoms with Gasteiger partial charge in [0.1, 0.15) is 17.3 Å². The average Bonchev–Trinajstić information content (AvgIpc) is 3.52. The first-order valence-electron chi connectivity index (χ1n) is 12.4. The van der Waals surface area contributed by atoms with Gasteiger partial charge < -0.3 is 13.9 Å². The molecule has 0 spiro atoms. The van der Waals surface area contributed by atoms with E-state index in [-0.39, 0.29) is 17.9 Å². The van der Waals surface area contributed by atoms with E-state index in [9.17, 15) is 14.4 Å². The number of thiazole rings is 1. The summed E-state index contributed by atoms with van der Waals surface area (Å²) < 4.78 is 18.6. The smallest absolute Gasteiger partial charge is 0.338 e. The zero-order valence-electron chi connectivity index (χ0n) is 21.9. The van der Waals surface area contributed by atoms with Gasteiger partial charge in [-0.25, -0.2) is 9.79 Å². The molecule has 0 aliphatic carbocycles. The van der Waals surface area contributed by atoms with Crippen LogP contribution in [0.25, 0.3) is 17.4 Å². The highest BCUT2D eigenvalue weighted by atomic mass is 32.1. The number of furan rings is 1. The summed E-state index contributed by atoms with van der Waals surface area (Å²) in [5, 5.41) is 0. The Morgan fingerprint density at radius 1 is 1.08 bits per heavy atom. The van der Waals surface area contributed by atoms with Gasteiger partial charge in [0.15, 0.2) is 10.6 Å². The normalized spacial score (nSPS) is 15.1. The summed E-state index contributed by atoms with van der Waals surface area (Å²) in [4.78, 5) is 43.4. The number of hydrogen-bond donors (Lipinski definition) is 0. The molecule has 0 bridgehead atoms. The number of hydrogen-bond acceptors (Lipinski definition) is 8. The van der Waals surface area contributed by atoms with E-state index < -0.39 is 12.0 Å². The van der Waals surface area contributed by atoms with Gasteiger partial charge in [-0.15, -0.1) is 0 Å². The van der Waals surface area contributed by atoms with Crippen LogP contribution in [0.4, 0.5) is 0 Å². The second kappa shape index (κ2) is 10.7. The predicted molar refractivity (Wildman–Crippen MR) is 148 cm³/mol. The summed E-state index contributed by atoms with van der Waals surface area (Å²) in [6, 6.07) is 17.3. The molecule has 0 saturated heterocycles. The van der Waals surface area contributed by atoms with Crippen LogP contribution >= 0.6 is 11.3 Å². The van der Waals surface area contributed by atoms with Gasteiger partial charge in [0, 0.05) is 17.2 Å². The summed E-state index contributed by atoms with van der Waals surface area (Å²) in [5.41, 5.74) is 2.69. The zero-order valence-corrected chi connectivity index (χ0v) is 22.7. The molecule has 4 aromatic rings. The van der Waals surface area contributed by atoms with Crippen LogP contribution < -0.4 is 19.6 Å². The lowest BCUT2D eigenvalue weighted by molar-refractivity contribution is -0.139. The molecule has 0 fully saturated rings. The van der Waals surface area contributed by atoms with Gasteiger partial charge in [0.2, 0.25) is 0 Å². The Kier molecular flexibility index (Phi) is 7.17. The lowest BCUT2D eigenvalue weighted by Gasteiger charge is -2.24. The van der Waals surface area contributed by atoms with Crippen LogP contribution in [0.2, 0.25) is 0 Å². The number of Topliss-reactive ketones (excluding diaryl/α,β-unsaturated/α-hetero) is 1. The molecule has 39 heavy (non-hydrogen) atoms.